The van der Waals surface area contributed by atoms with Gasteiger partial charge in [0.2, 0.25) is 0 Å². The van der Waals surface area contributed by atoms with Gasteiger partial charge in [-0.25, -0.2) is 9.07 Å². The van der Waals surface area contributed by atoms with Crippen molar-refractivity contribution in [1.29, 1.82) is 5.26 Å². The van der Waals surface area contributed by atoms with Crippen molar-refractivity contribution in [3.63, 3.8) is 0 Å². The average Bonchev–Trinajstić information content (AvgIpc) is 3.64. The fourth-order valence-electron chi connectivity index (χ4n) is 4.89. The van der Waals surface area contributed by atoms with E-state index < -0.39 is 5.82 Å². The standard InChI is InChI=1S/C28H22Cl3FN8S/c29-16-7-25(41-14-16)28(24-13-40(39-38-24)19-3-5-34-6-4-19)37-18-8-20-26(36-17-1-2-23(32)21(30)9-17)15(11-33)12-35-27(20)22(31)10-18/h1-2,7-10,12-14,19,28,34,37H,3-6H2,(H,35,36). The third kappa shape index (κ3) is 5.82. The van der Waals surface area contributed by atoms with Gasteiger partial charge in [-0.1, -0.05) is 40.0 Å². The maximum absolute atomic E-state index is 13.8. The highest BCUT2D eigenvalue weighted by molar-refractivity contribution is 7.10. The normalized spacial score (nSPS) is 14.6. The first-order valence-corrected chi connectivity index (χ1v) is 14.8. The van der Waals surface area contributed by atoms with Crippen molar-refractivity contribution in [2.24, 2.45) is 0 Å². The number of nitriles is 1. The molecule has 13 heteroatoms. The summed E-state index contributed by atoms with van der Waals surface area (Å²) in [7, 11) is 0. The molecule has 3 N–H and O–H groups in total. The van der Waals surface area contributed by atoms with E-state index in [2.05, 4.69) is 37.3 Å². The zero-order chi connectivity index (χ0) is 28.5. The van der Waals surface area contributed by atoms with Gasteiger partial charge in [-0.15, -0.1) is 16.4 Å². The summed E-state index contributed by atoms with van der Waals surface area (Å²) in [5.74, 6) is -0.538. The number of anilines is 3. The summed E-state index contributed by atoms with van der Waals surface area (Å²) in [5, 5.41) is 32.4. The van der Waals surface area contributed by atoms with Crippen LogP contribution in [0.15, 0.2) is 54.2 Å². The fourth-order valence-corrected chi connectivity index (χ4v) is 6.48. The average molecular weight is 628 g/mol. The van der Waals surface area contributed by atoms with E-state index in [4.69, 9.17) is 34.8 Å². The number of rotatable bonds is 7. The number of halogens is 4. The number of nitrogens with one attached hydrogen (secondary N) is 3. The van der Waals surface area contributed by atoms with E-state index in [1.54, 1.807) is 12.1 Å². The van der Waals surface area contributed by atoms with Crippen LogP contribution in [0.4, 0.5) is 21.5 Å². The van der Waals surface area contributed by atoms with Crippen molar-refractivity contribution in [2.75, 3.05) is 23.7 Å². The Morgan fingerprint density at radius 3 is 2.63 bits per heavy atom. The third-order valence-corrected chi connectivity index (χ3v) is 8.85. The van der Waals surface area contributed by atoms with Crippen LogP contribution in [0.25, 0.3) is 10.9 Å². The molecule has 1 fully saturated rings. The molecule has 1 unspecified atom stereocenters. The molecule has 5 aromatic rings. The number of hydrogen-bond acceptors (Lipinski definition) is 8. The molecular formula is C28H22Cl3FN8S. The van der Waals surface area contributed by atoms with Crippen LogP contribution in [0.3, 0.4) is 0 Å². The number of hydrogen-bond donors (Lipinski definition) is 3. The van der Waals surface area contributed by atoms with Crippen LogP contribution in [0.2, 0.25) is 15.1 Å². The Hall–Kier alpha value is -3.46. The molecular weight excluding hydrogens is 606 g/mol. The quantitative estimate of drug-likeness (QED) is 0.170. The van der Waals surface area contributed by atoms with Crippen LogP contribution < -0.4 is 16.0 Å². The molecule has 0 radical (unpaired) electrons. The van der Waals surface area contributed by atoms with E-state index in [-0.39, 0.29) is 22.7 Å². The molecule has 2 aromatic carbocycles. The Bertz CT molecular complexity index is 1780. The highest BCUT2D eigenvalue weighted by Gasteiger charge is 2.24. The van der Waals surface area contributed by atoms with Gasteiger partial charge in [0.15, 0.2) is 0 Å². The van der Waals surface area contributed by atoms with Gasteiger partial charge < -0.3 is 16.0 Å². The first-order chi connectivity index (χ1) is 19.9. The van der Waals surface area contributed by atoms with Crippen molar-refractivity contribution in [2.45, 2.75) is 24.9 Å². The summed E-state index contributed by atoms with van der Waals surface area (Å²) >= 11 is 20.5. The molecule has 4 heterocycles. The van der Waals surface area contributed by atoms with Crippen molar-refractivity contribution in [1.82, 2.24) is 25.3 Å². The Kier molecular flexibility index (Phi) is 7.97. The number of aromatic nitrogens is 4. The van der Waals surface area contributed by atoms with Crippen molar-refractivity contribution in [3.05, 3.63) is 91.2 Å². The Labute approximate surface area is 254 Å². The lowest BCUT2D eigenvalue weighted by Gasteiger charge is -2.22. The number of fused-ring (bicyclic) bond motifs is 1. The summed E-state index contributed by atoms with van der Waals surface area (Å²) in [5.41, 5.74) is 3.18. The Balaban J connectivity index is 1.40. The zero-order valence-electron chi connectivity index (χ0n) is 21.3. The molecule has 6 rings (SSSR count). The zero-order valence-corrected chi connectivity index (χ0v) is 24.4. The monoisotopic (exact) mass is 626 g/mol. The number of pyridine rings is 1. The largest absolute Gasteiger partial charge is 0.372 e. The maximum atomic E-state index is 13.8. The molecule has 41 heavy (non-hydrogen) atoms. The predicted octanol–water partition coefficient (Wildman–Crippen LogP) is 7.73. The van der Waals surface area contributed by atoms with E-state index in [1.165, 1.54) is 29.7 Å². The van der Waals surface area contributed by atoms with Crippen LogP contribution in [-0.4, -0.2) is 33.1 Å². The summed E-state index contributed by atoms with van der Waals surface area (Å²) in [6.45, 7) is 1.88. The van der Waals surface area contributed by atoms with Gasteiger partial charge in [0.05, 0.1) is 44.1 Å². The summed E-state index contributed by atoms with van der Waals surface area (Å²) in [6.07, 6.45) is 5.39. The molecule has 0 aliphatic carbocycles. The summed E-state index contributed by atoms with van der Waals surface area (Å²) < 4.78 is 15.7. The number of benzene rings is 2. The highest BCUT2D eigenvalue weighted by Crippen LogP contribution is 2.38. The SMILES string of the molecule is N#Cc1cnc2c(Cl)cc(NC(c3cn(C4CCNCC4)nn3)c3cc(Cl)cs3)cc2c1Nc1ccc(F)c(Cl)c1. The second-order valence-electron chi connectivity index (χ2n) is 9.62. The number of piperidine rings is 1. The molecule has 1 saturated heterocycles. The minimum atomic E-state index is -0.538. The Morgan fingerprint density at radius 1 is 1.10 bits per heavy atom. The van der Waals surface area contributed by atoms with Crippen molar-refractivity contribution >= 4 is 74.1 Å². The molecule has 0 bridgehead atoms. The van der Waals surface area contributed by atoms with E-state index >= 15 is 0 Å². The fraction of sp³-hybridized carbons (Fsp3) is 0.214. The van der Waals surface area contributed by atoms with E-state index in [0.29, 0.717) is 38.0 Å². The molecule has 1 aliphatic heterocycles. The second kappa shape index (κ2) is 11.8. The lowest BCUT2D eigenvalue weighted by Crippen LogP contribution is -2.29. The molecule has 0 saturated carbocycles. The van der Waals surface area contributed by atoms with Crippen molar-refractivity contribution in [3.8, 4) is 6.07 Å². The van der Waals surface area contributed by atoms with E-state index in [9.17, 15) is 9.65 Å². The minimum Gasteiger partial charge on any atom is -0.372 e. The first kappa shape index (κ1) is 27.7. The second-order valence-corrected chi connectivity index (χ2v) is 11.8. The van der Waals surface area contributed by atoms with Gasteiger partial charge in [-0.3, -0.25) is 4.98 Å². The maximum Gasteiger partial charge on any atom is 0.141 e. The van der Waals surface area contributed by atoms with Crippen LogP contribution in [0.5, 0.6) is 0 Å². The van der Waals surface area contributed by atoms with Crippen LogP contribution >= 0.6 is 46.1 Å². The topological polar surface area (TPSA) is 103 Å². The van der Waals surface area contributed by atoms with Gasteiger partial charge in [-0.2, -0.15) is 5.26 Å². The first-order valence-electron chi connectivity index (χ1n) is 12.8. The number of nitrogens with zero attached hydrogens (tertiary/aromatic N) is 5. The predicted molar refractivity (Wildman–Crippen MR) is 162 cm³/mol. The molecule has 0 amide bonds. The molecule has 3 aromatic heterocycles. The van der Waals surface area contributed by atoms with Gasteiger partial charge in [0.25, 0.3) is 0 Å². The minimum absolute atomic E-state index is 0.0396. The van der Waals surface area contributed by atoms with E-state index in [1.807, 2.05) is 28.4 Å². The summed E-state index contributed by atoms with van der Waals surface area (Å²) in [4.78, 5) is 5.38. The summed E-state index contributed by atoms with van der Waals surface area (Å²) in [6, 6.07) is 11.9. The smallest absolute Gasteiger partial charge is 0.141 e. The van der Waals surface area contributed by atoms with E-state index in [0.717, 1.165) is 36.5 Å². The van der Waals surface area contributed by atoms with Gasteiger partial charge in [0.1, 0.15) is 23.6 Å². The van der Waals surface area contributed by atoms with Crippen molar-refractivity contribution < 1.29 is 4.39 Å². The third-order valence-electron chi connectivity index (χ3n) is 6.92. The van der Waals surface area contributed by atoms with Gasteiger partial charge in [-0.05, 0) is 62.3 Å². The highest BCUT2D eigenvalue weighted by atomic mass is 35.5. The molecule has 0 spiro atoms. The van der Waals surface area contributed by atoms with Crippen LogP contribution in [0, 0.1) is 17.1 Å². The van der Waals surface area contributed by atoms with Crippen LogP contribution in [-0.2, 0) is 0 Å². The molecule has 8 nitrogen and oxygen atoms in total. The molecule has 1 aliphatic rings. The lowest BCUT2D eigenvalue weighted by atomic mass is 10.1. The lowest BCUT2D eigenvalue weighted by molar-refractivity contribution is 0.337. The van der Waals surface area contributed by atoms with Gasteiger partial charge in [0, 0.05) is 33.2 Å². The Morgan fingerprint density at radius 2 is 1.90 bits per heavy atom. The molecule has 208 valence electrons. The van der Waals surface area contributed by atoms with Gasteiger partial charge >= 0.3 is 0 Å². The number of thiophene rings is 1. The van der Waals surface area contributed by atoms with Crippen LogP contribution in [0.1, 0.15) is 41.1 Å². The molecule has 1 atom stereocenters.